The van der Waals surface area contributed by atoms with E-state index >= 15 is 0 Å². The van der Waals surface area contributed by atoms with E-state index in [4.69, 9.17) is 16.9 Å². The van der Waals surface area contributed by atoms with Gasteiger partial charge in [-0.05, 0) is 66.9 Å². The highest BCUT2D eigenvalue weighted by Gasteiger charge is 2.49. The average molecular weight is 563 g/mol. The number of piperidine rings is 1. The first kappa shape index (κ1) is 27.0. The lowest BCUT2D eigenvalue weighted by atomic mass is 10.0. The van der Waals surface area contributed by atoms with Crippen LogP contribution in [0, 0.1) is 11.3 Å². The minimum Gasteiger partial charge on any atom is -0.299 e. The van der Waals surface area contributed by atoms with Crippen LogP contribution in [0.5, 0.6) is 0 Å². The van der Waals surface area contributed by atoms with Gasteiger partial charge in [0.25, 0.3) is 5.91 Å². The summed E-state index contributed by atoms with van der Waals surface area (Å²) >= 11 is 6.01. The predicted molar refractivity (Wildman–Crippen MR) is 147 cm³/mol. The molecular weight excluding hydrogens is 536 g/mol. The van der Waals surface area contributed by atoms with Crippen LogP contribution >= 0.6 is 11.6 Å². The van der Waals surface area contributed by atoms with Gasteiger partial charge < -0.3 is 0 Å². The van der Waals surface area contributed by atoms with Crippen molar-refractivity contribution in [1.82, 2.24) is 9.21 Å². The zero-order valence-electron chi connectivity index (χ0n) is 21.1. The Morgan fingerprint density at radius 2 is 1.56 bits per heavy atom. The number of carbonyl (C=O) groups excluding carboxylic acids is 2. The number of carbonyl (C=O) groups is 2. The van der Waals surface area contributed by atoms with Gasteiger partial charge in [0, 0.05) is 30.7 Å². The van der Waals surface area contributed by atoms with Crippen LogP contribution in [0.4, 0.5) is 5.69 Å². The van der Waals surface area contributed by atoms with Crippen molar-refractivity contribution in [2.24, 2.45) is 0 Å². The molecule has 0 radical (unpaired) electrons. The van der Waals surface area contributed by atoms with Crippen molar-refractivity contribution in [1.29, 1.82) is 5.26 Å². The number of likely N-dealkylation sites (tertiary alicyclic amines) is 1. The minimum absolute atomic E-state index is 0.0238. The van der Waals surface area contributed by atoms with Gasteiger partial charge in [-0.2, -0.15) is 9.57 Å². The van der Waals surface area contributed by atoms with Gasteiger partial charge in [0.15, 0.2) is 0 Å². The fourth-order valence-electron chi connectivity index (χ4n) is 5.29. The van der Waals surface area contributed by atoms with Crippen LogP contribution in [0.25, 0.3) is 0 Å². The Labute approximate surface area is 233 Å². The number of sulfonamides is 1. The van der Waals surface area contributed by atoms with E-state index in [1.54, 1.807) is 0 Å². The van der Waals surface area contributed by atoms with Gasteiger partial charge in [-0.15, -0.1) is 0 Å². The molecule has 39 heavy (non-hydrogen) atoms. The monoisotopic (exact) mass is 562 g/mol. The molecule has 5 rings (SSSR count). The maximum Gasteiger partial charge on any atom is 0.252 e. The van der Waals surface area contributed by atoms with Gasteiger partial charge in [0.2, 0.25) is 15.9 Å². The van der Waals surface area contributed by atoms with Gasteiger partial charge in [0.1, 0.15) is 6.04 Å². The highest BCUT2D eigenvalue weighted by atomic mass is 35.5. The van der Waals surface area contributed by atoms with Crippen LogP contribution in [0.15, 0.2) is 83.8 Å². The van der Waals surface area contributed by atoms with Crippen molar-refractivity contribution in [2.45, 2.75) is 42.8 Å². The third-order valence-corrected chi connectivity index (χ3v) is 9.47. The van der Waals surface area contributed by atoms with Crippen molar-refractivity contribution in [3.8, 4) is 6.07 Å². The lowest BCUT2D eigenvalue weighted by molar-refractivity contribution is -0.122. The third-order valence-electron chi connectivity index (χ3n) is 7.24. The number of nitrogens with zero attached hydrogens (tertiary/aromatic N) is 4. The van der Waals surface area contributed by atoms with Crippen LogP contribution in [0.2, 0.25) is 5.02 Å². The molecule has 2 aliphatic rings. The van der Waals surface area contributed by atoms with E-state index in [0.29, 0.717) is 42.2 Å². The number of hydrogen-bond donors (Lipinski definition) is 0. The number of anilines is 1. The van der Waals surface area contributed by atoms with Crippen molar-refractivity contribution in [3.63, 3.8) is 0 Å². The van der Waals surface area contributed by atoms with Gasteiger partial charge in [-0.25, -0.2) is 13.3 Å². The summed E-state index contributed by atoms with van der Waals surface area (Å²) in [5, 5.41) is 9.49. The summed E-state index contributed by atoms with van der Waals surface area (Å²) in [6, 6.07) is 22.4. The number of halogens is 1. The minimum atomic E-state index is -4.14. The first-order valence-electron chi connectivity index (χ1n) is 12.7. The Morgan fingerprint density at radius 3 is 2.18 bits per heavy atom. The molecule has 0 bridgehead atoms. The molecule has 1 unspecified atom stereocenters. The number of benzene rings is 3. The maximum atomic E-state index is 14.0. The summed E-state index contributed by atoms with van der Waals surface area (Å²) in [5.41, 5.74) is 1.88. The Hall–Kier alpha value is -3.55. The van der Waals surface area contributed by atoms with E-state index < -0.39 is 33.9 Å². The summed E-state index contributed by atoms with van der Waals surface area (Å²) in [4.78, 5) is 30.1. The zero-order chi connectivity index (χ0) is 27.6. The van der Waals surface area contributed by atoms with Crippen molar-refractivity contribution in [3.05, 3.63) is 95.0 Å². The molecule has 3 aromatic rings. The maximum absolute atomic E-state index is 14.0. The summed E-state index contributed by atoms with van der Waals surface area (Å²) in [6.45, 7) is 2.06. The summed E-state index contributed by atoms with van der Waals surface area (Å²) in [5.74, 6) is -1.07. The molecule has 2 heterocycles. The van der Waals surface area contributed by atoms with Crippen LogP contribution in [-0.4, -0.2) is 54.6 Å². The molecule has 0 aromatic heterocycles. The average Bonchev–Trinajstić information content (AvgIpc) is 3.23. The van der Waals surface area contributed by atoms with Gasteiger partial charge in [0.05, 0.1) is 28.6 Å². The molecule has 200 valence electrons. The van der Waals surface area contributed by atoms with Crippen LogP contribution in [0.3, 0.4) is 0 Å². The molecular formula is C29H27ClN4O4S. The van der Waals surface area contributed by atoms with Gasteiger partial charge in [-0.3, -0.25) is 14.5 Å². The smallest absolute Gasteiger partial charge is 0.252 e. The molecule has 2 saturated heterocycles. The van der Waals surface area contributed by atoms with Crippen molar-refractivity contribution >= 4 is 39.1 Å². The first-order chi connectivity index (χ1) is 18.8. The number of nitriles is 1. The Kier molecular flexibility index (Phi) is 7.82. The van der Waals surface area contributed by atoms with E-state index in [1.807, 2.05) is 24.3 Å². The van der Waals surface area contributed by atoms with Crippen LogP contribution < -0.4 is 4.90 Å². The first-order valence-corrected chi connectivity index (χ1v) is 14.5. The van der Waals surface area contributed by atoms with Crippen LogP contribution in [0.1, 0.15) is 30.4 Å². The quantitative estimate of drug-likeness (QED) is 0.400. The fourth-order valence-corrected chi connectivity index (χ4v) is 7.24. The topological polar surface area (TPSA) is 102 Å². The number of rotatable bonds is 7. The molecule has 1 atom stereocenters. The van der Waals surface area contributed by atoms with E-state index in [9.17, 15) is 18.0 Å². The second-order valence-corrected chi connectivity index (χ2v) is 12.0. The van der Waals surface area contributed by atoms with Gasteiger partial charge >= 0.3 is 0 Å². The molecule has 0 aliphatic carbocycles. The summed E-state index contributed by atoms with van der Waals surface area (Å²) < 4.78 is 29.3. The molecule has 10 heteroatoms. The zero-order valence-corrected chi connectivity index (χ0v) is 22.7. The molecule has 3 aromatic carbocycles. The highest BCUT2D eigenvalue weighted by molar-refractivity contribution is 7.89. The normalized spacial score (nSPS) is 19.0. The summed E-state index contributed by atoms with van der Waals surface area (Å²) in [6.07, 6.45) is 0.791. The standard InChI is InChI=1S/C29H27ClN4O4S/c30-23-8-12-26(13-9-23)39(37,38)34(25-14-16-32(17-15-25)20-22-4-2-1-3-5-22)27-18-28(35)33(29(27)36)24-10-6-21(19-31)7-11-24/h1-13,25,27H,14-18,20H2. The Balaban J connectivity index is 1.44. The van der Waals surface area contributed by atoms with E-state index in [2.05, 4.69) is 17.0 Å². The Morgan fingerprint density at radius 1 is 0.923 bits per heavy atom. The molecule has 0 saturated carbocycles. The number of imide groups is 1. The molecule has 0 N–H and O–H groups in total. The predicted octanol–water partition coefficient (Wildman–Crippen LogP) is 4.20. The molecule has 2 amide bonds. The molecule has 2 aliphatic heterocycles. The second-order valence-electron chi connectivity index (χ2n) is 9.73. The highest BCUT2D eigenvalue weighted by Crippen LogP contribution is 2.34. The van der Waals surface area contributed by atoms with Crippen molar-refractivity contribution in [2.75, 3.05) is 18.0 Å². The number of amides is 2. The van der Waals surface area contributed by atoms with Gasteiger partial charge in [-0.1, -0.05) is 41.9 Å². The SMILES string of the molecule is N#Cc1ccc(N2C(=O)CC(N(C3CCN(Cc4ccccc4)CC3)S(=O)(=O)c3ccc(Cl)cc3)C2=O)cc1. The number of hydrogen-bond acceptors (Lipinski definition) is 6. The lowest BCUT2D eigenvalue weighted by Crippen LogP contribution is -2.53. The van der Waals surface area contributed by atoms with Crippen molar-refractivity contribution < 1.29 is 18.0 Å². The largest absolute Gasteiger partial charge is 0.299 e. The lowest BCUT2D eigenvalue weighted by Gasteiger charge is -2.39. The third kappa shape index (κ3) is 5.60. The fraction of sp³-hybridized carbons (Fsp3) is 0.276. The second kappa shape index (κ2) is 11.3. The van der Waals surface area contributed by atoms with E-state index in [-0.39, 0.29) is 11.3 Å². The van der Waals surface area contributed by atoms with Crippen LogP contribution in [-0.2, 0) is 26.2 Å². The summed E-state index contributed by atoms with van der Waals surface area (Å²) in [7, 11) is -4.14. The molecule has 0 spiro atoms. The van der Waals surface area contributed by atoms with E-state index in [0.717, 1.165) is 11.4 Å². The molecule has 2 fully saturated rings. The van der Waals surface area contributed by atoms with E-state index in [1.165, 1.54) is 58.4 Å². The Bertz CT molecular complexity index is 1500. The molecule has 8 nitrogen and oxygen atoms in total.